The van der Waals surface area contributed by atoms with Gasteiger partial charge in [0.15, 0.2) is 0 Å². The van der Waals surface area contributed by atoms with Gasteiger partial charge in [-0.3, -0.25) is 0 Å². The lowest BCUT2D eigenvalue weighted by atomic mass is 10.1. The Kier molecular flexibility index (Phi) is 2.88. The zero-order chi connectivity index (χ0) is 12.5. The molecule has 0 aliphatic heterocycles. The van der Waals surface area contributed by atoms with E-state index in [0.717, 1.165) is 11.4 Å². The Morgan fingerprint density at radius 1 is 1.33 bits per heavy atom. The summed E-state index contributed by atoms with van der Waals surface area (Å²) < 4.78 is 14.9. The number of imidazole rings is 1. The van der Waals surface area contributed by atoms with E-state index >= 15 is 0 Å². The quantitative estimate of drug-likeness (QED) is 0.900. The summed E-state index contributed by atoms with van der Waals surface area (Å²) in [5.41, 5.74) is 0.902. The van der Waals surface area contributed by atoms with Gasteiger partial charge < -0.3 is 9.67 Å². The molecule has 18 heavy (non-hydrogen) atoms. The number of halogens is 1. The molecule has 0 bridgehead atoms. The van der Waals surface area contributed by atoms with E-state index in [0.29, 0.717) is 5.92 Å². The van der Waals surface area contributed by atoms with Crippen molar-refractivity contribution in [2.24, 2.45) is 0 Å². The van der Waals surface area contributed by atoms with E-state index in [1.54, 1.807) is 18.3 Å². The van der Waals surface area contributed by atoms with Crippen molar-refractivity contribution >= 4 is 0 Å². The summed E-state index contributed by atoms with van der Waals surface area (Å²) in [6.45, 7) is -0.0122. The lowest BCUT2D eigenvalue weighted by molar-refractivity contribution is 0.247. The van der Waals surface area contributed by atoms with Crippen LogP contribution in [0.15, 0.2) is 36.7 Å². The highest BCUT2D eigenvalue weighted by Gasteiger charge is 2.30. The van der Waals surface area contributed by atoms with Gasteiger partial charge in [0.1, 0.15) is 11.6 Å². The second-order valence-corrected chi connectivity index (χ2v) is 4.72. The minimum atomic E-state index is -0.261. The highest BCUT2D eigenvalue weighted by atomic mass is 19.1. The summed E-state index contributed by atoms with van der Waals surface area (Å²) in [6.07, 6.45) is 5.98. The monoisotopic (exact) mass is 246 g/mol. The number of rotatable bonds is 4. The van der Waals surface area contributed by atoms with Gasteiger partial charge in [-0.25, -0.2) is 9.37 Å². The van der Waals surface area contributed by atoms with E-state index in [-0.39, 0.29) is 18.5 Å². The molecule has 1 atom stereocenters. The largest absolute Gasteiger partial charge is 0.394 e. The van der Waals surface area contributed by atoms with Crippen LogP contribution in [0.3, 0.4) is 0 Å². The second kappa shape index (κ2) is 4.53. The molecular formula is C14H15FN2O. The van der Waals surface area contributed by atoms with Crippen molar-refractivity contribution in [3.8, 4) is 0 Å². The molecule has 0 radical (unpaired) electrons. The minimum absolute atomic E-state index is 0.0122. The summed E-state index contributed by atoms with van der Waals surface area (Å²) in [4.78, 5) is 4.37. The third kappa shape index (κ3) is 2.04. The highest BCUT2D eigenvalue weighted by Crippen LogP contribution is 2.40. The van der Waals surface area contributed by atoms with Gasteiger partial charge in [-0.05, 0) is 30.5 Å². The number of nitrogens with zero attached hydrogens (tertiary/aromatic N) is 2. The predicted molar refractivity (Wildman–Crippen MR) is 65.8 cm³/mol. The molecule has 1 aromatic carbocycles. The van der Waals surface area contributed by atoms with E-state index in [1.165, 1.54) is 25.0 Å². The molecule has 1 heterocycles. The van der Waals surface area contributed by atoms with Crippen LogP contribution in [0.4, 0.5) is 4.39 Å². The maximum absolute atomic E-state index is 12.9. The van der Waals surface area contributed by atoms with Crippen LogP contribution in [0.25, 0.3) is 0 Å². The molecule has 1 aliphatic carbocycles. The van der Waals surface area contributed by atoms with E-state index in [9.17, 15) is 9.50 Å². The van der Waals surface area contributed by atoms with Crippen molar-refractivity contribution in [3.05, 3.63) is 53.9 Å². The zero-order valence-corrected chi connectivity index (χ0v) is 9.96. The molecule has 1 fully saturated rings. The fourth-order valence-corrected chi connectivity index (χ4v) is 2.28. The van der Waals surface area contributed by atoms with E-state index < -0.39 is 0 Å². The molecule has 3 rings (SSSR count). The van der Waals surface area contributed by atoms with Gasteiger partial charge in [0, 0.05) is 18.3 Å². The maximum Gasteiger partial charge on any atom is 0.123 e. The molecule has 1 unspecified atom stereocenters. The smallest absolute Gasteiger partial charge is 0.123 e. The van der Waals surface area contributed by atoms with Crippen molar-refractivity contribution in [1.82, 2.24) is 9.55 Å². The molecule has 2 aromatic rings. The SMILES string of the molecule is OCC(c1ccc(F)cc1)n1ccnc1C1CC1. The normalized spacial score (nSPS) is 16.8. The fraction of sp³-hybridized carbons (Fsp3) is 0.357. The summed E-state index contributed by atoms with van der Waals surface area (Å²) >= 11 is 0. The van der Waals surface area contributed by atoms with Crippen LogP contribution in [0, 0.1) is 5.82 Å². The Hall–Kier alpha value is -1.68. The zero-order valence-electron chi connectivity index (χ0n) is 9.96. The fourth-order valence-electron chi connectivity index (χ4n) is 2.28. The van der Waals surface area contributed by atoms with Crippen LogP contribution in [0.1, 0.15) is 36.2 Å². The summed E-state index contributed by atoms with van der Waals surface area (Å²) in [6, 6.07) is 6.10. The number of benzene rings is 1. The predicted octanol–water partition coefficient (Wildman–Crippen LogP) is 2.48. The number of aliphatic hydroxyl groups excluding tert-OH is 1. The molecule has 1 aromatic heterocycles. The molecule has 1 N–H and O–H groups in total. The average Bonchev–Trinajstić information content (AvgIpc) is 3.12. The molecule has 0 spiro atoms. The standard InChI is InChI=1S/C14H15FN2O/c15-12-5-3-10(4-6-12)13(9-18)17-8-7-16-14(17)11-1-2-11/h3-8,11,13,18H,1-2,9H2. The van der Waals surface area contributed by atoms with Crippen molar-refractivity contribution in [2.45, 2.75) is 24.8 Å². The van der Waals surface area contributed by atoms with Gasteiger partial charge in [-0.15, -0.1) is 0 Å². The van der Waals surface area contributed by atoms with Crippen LogP contribution in [0.5, 0.6) is 0 Å². The molecule has 1 aliphatic rings. The van der Waals surface area contributed by atoms with Gasteiger partial charge in [0.2, 0.25) is 0 Å². The highest BCUT2D eigenvalue weighted by molar-refractivity contribution is 5.23. The first kappa shape index (κ1) is 11.4. The van der Waals surface area contributed by atoms with Gasteiger partial charge >= 0.3 is 0 Å². The van der Waals surface area contributed by atoms with Crippen molar-refractivity contribution < 1.29 is 9.50 Å². The third-order valence-corrected chi connectivity index (χ3v) is 3.40. The summed E-state index contributed by atoms with van der Waals surface area (Å²) in [7, 11) is 0. The molecule has 0 amide bonds. The van der Waals surface area contributed by atoms with Crippen molar-refractivity contribution in [3.63, 3.8) is 0 Å². The molecule has 0 saturated heterocycles. The summed E-state index contributed by atoms with van der Waals surface area (Å²) in [5.74, 6) is 1.29. The third-order valence-electron chi connectivity index (χ3n) is 3.40. The molecule has 1 saturated carbocycles. The Morgan fingerprint density at radius 2 is 2.06 bits per heavy atom. The number of aliphatic hydroxyl groups is 1. The Bertz CT molecular complexity index is 531. The summed E-state index contributed by atoms with van der Waals surface area (Å²) in [5, 5.41) is 9.60. The van der Waals surface area contributed by atoms with Gasteiger partial charge in [-0.2, -0.15) is 0 Å². The Balaban J connectivity index is 1.96. The first-order valence-electron chi connectivity index (χ1n) is 6.18. The first-order valence-corrected chi connectivity index (χ1v) is 6.18. The van der Waals surface area contributed by atoms with Crippen LogP contribution in [-0.4, -0.2) is 21.3 Å². The van der Waals surface area contributed by atoms with Crippen molar-refractivity contribution in [2.75, 3.05) is 6.61 Å². The lowest BCUT2D eigenvalue weighted by Gasteiger charge is -2.19. The van der Waals surface area contributed by atoms with E-state index in [4.69, 9.17) is 0 Å². The number of hydrogen-bond acceptors (Lipinski definition) is 2. The first-order chi connectivity index (χ1) is 8.79. The molecule has 3 nitrogen and oxygen atoms in total. The minimum Gasteiger partial charge on any atom is -0.394 e. The van der Waals surface area contributed by atoms with E-state index in [2.05, 4.69) is 4.98 Å². The Morgan fingerprint density at radius 3 is 2.67 bits per heavy atom. The van der Waals surface area contributed by atoms with Crippen LogP contribution < -0.4 is 0 Å². The lowest BCUT2D eigenvalue weighted by Crippen LogP contribution is -2.16. The second-order valence-electron chi connectivity index (χ2n) is 4.72. The van der Waals surface area contributed by atoms with Crippen LogP contribution in [0.2, 0.25) is 0 Å². The molecular weight excluding hydrogens is 231 g/mol. The number of hydrogen-bond donors (Lipinski definition) is 1. The maximum atomic E-state index is 12.9. The van der Waals surface area contributed by atoms with Crippen LogP contribution in [-0.2, 0) is 0 Å². The topological polar surface area (TPSA) is 38.0 Å². The van der Waals surface area contributed by atoms with Gasteiger partial charge in [-0.1, -0.05) is 12.1 Å². The van der Waals surface area contributed by atoms with Gasteiger partial charge in [0.25, 0.3) is 0 Å². The van der Waals surface area contributed by atoms with Crippen molar-refractivity contribution in [1.29, 1.82) is 0 Å². The van der Waals surface area contributed by atoms with Crippen LogP contribution >= 0.6 is 0 Å². The number of aromatic nitrogens is 2. The van der Waals surface area contributed by atoms with E-state index in [1.807, 2.05) is 10.8 Å². The molecule has 4 heteroatoms. The average molecular weight is 246 g/mol. The molecule has 94 valence electrons. The Labute approximate surface area is 105 Å². The van der Waals surface area contributed by atoms with Gasteiger partial charge in [0.05, 0.1) is 12.6 Å².